The molecule has 0 saturated carbocycles. The van der Waals surface area contributed by atoms with Gasteiger partial charge >= 0.3 is 0 Å². The Morgan fingerprint density at radius 1 is 1.47 bits per heavy atom. The average molecular weight is 251 g/mol. The minimum Gasteiger partial charge on any atom is -0.438 e. The van der Waals surface area contributed by atoms with Gasteiger partial charge < -0.3 is 9.73 Å². The highest BCUT2D eigenvalue weighted by atomic mass is 32.1. The van der Waals surface area contributed by atoms with Crippen LogP contribution in [-0.2, 0) is 0 Å². The van der Waals surface area contributed by atoms with E-state index in [1.807, 2.05) is 12.4 Å². The summed E-state index contributed by atoms with van der Waals surface area (Å²) in [5.41, 5.74) is 2.82. The van der Waals surface area contributed by atoms with Crippen molar-refractivity contribution in [3.05, 3.63) is 23.3 Å². The van der Waals surface area contributed by atoms with Gasteiger partial charge in [-0.2, -0.15) is 0 Å². The first-order valence-electron chi connectivity index (χ1n) is 5.82. The van der Waals surface area contributed by atoms with E-state index in [-0.39, 0.29) is 6.04 Å². The molecule has 0 spiro atoms. The molecule has 2 heterocycles. The van der Waals surface area contributed by atoms with Crippen LogP contribution in [0.4, 0.5) is 0 Å². The largest absolute Gasteiger partial charge is 0.438 e. The summed E-state index contributed by atoms with van der Waals surface area (Å²) >= 11 is 1.58. The second-order valence-electron chi connectivity index (χ2n) is 4.01. The fraction of sp³-hybridized carbons (Fsp3) is 0.500. The van der Waals surface area contributed by atoms with Crippen LogP contribution in [0.5, 0.6) is 0 Å². The minimum atomic E-state index is 0.150. The third kappa shape index (κ3) is 2.73. The molecule has 0 amide bonds. The van der Waals surface area contributed by atoms with Crippen molar-refractivity contribution in [3.63, 3.8) is 0 Å². The van der Waals surface area contributed by atoms with E-state index >= 15 is 0 Å². The second-order valence-corrected chi connectivity index (χ2v) is 4.86. The molecule has 4 nitrogen and oxygen atoms in total. The molecule has 1 atom stereocenters. The second kappa shape index (κ2) is 5.42. The molecule has 0 fully saturated rings. The van der Waals surface area contributed by atoms with E-state index in [1.165, 1.54) is 0 Å². The Morgan fingerprint density at radius 3 is 2.94 bits per heavy atom. The van der Waals surface area contributed by atoms with E-state index in [0.717, 1.165) is 35.2 Å². The maximum atomic E-state index is 5.76. The van der Waals surface area contributed by atoms with Crippen LogP contribution < -0.4 is 5.32 Å². The number of hydrogen-bond donors (Lipinski definition) is 1. The minimum absolute atomic E-state index is 0.150. The third-order valence-electron chi connectivity index (χ3n) is 2.56. The molecule has 1 N–H and O–H groups in total. The van der Waals surface area contributed by atoms with Gasteiger partial charge in [0.05, 0.1) is 28.3 Å². The van der Waals surface area contributed by atoms with E-state index in [0.29, 0.717) is 0 Å². The molecule has 92 valence electrons. The Bertz CT molecular complexity index is 478. The van der Waals surface area contributed by atoms with Gasteiger partial charge in [-0.15, -0.1) is 11.3 Å². The van der Waals surface area contributed by atoms with E-state index in [4.69, 9.17) is 4.42 Å². The molecule has 0 saturated heterocycles. The maximum Gasteiger partial charge on any atom is 0.211 e. The molecule has 1 unspecified atom stereocenters. The van der Waals surface area contributed by atoms with Crippen molar-refractivity contribution in [1.82, 2.24) is 15.3 Å². The van der Waals surface area contributed by atoms with Gasteiger partial charge in [-0.3, -0.25) is 0 Å². The summed E-state index contributed by atoms with van der Waals surface area (Å²) in [6, 6.07) is 0.150. The van der Waals surface area contributed by atoms with Crippen LogP contribution in [0.3, 0.4) is 0 Å². The smallest absolute Gasteiger partial charge is 0.211 e. The standard InChI is InChI=1S/C12H17N3OS/c1-4-5-13-9(3)12-14-6-10(16-12)11-8(2)15-7-17-11/h6-7,9,13H,4-5H2,1-3H3. The van der Waals surface area contributed by atoms with Crippen molar-refractivity contribution >= 4 is 11.3 Å². The fourth-order valence-electron chi connectivity index (χ4n) is 1.58. The predicted octanol–water partition coefficient (Wildman–Crippen LogP) is 3.17. The lowest BCUT2D eigenvalue weighted by Gasteiger charge is -2.08. The lowest BCUT2D eigenvalue weighted by Crippen LogP contribution is -2.19. The van der Waals surface area contributed by atoms with Crippen LogP contribution in [-0.4, -0.2) is 16.5 Å². The van der Waals surface area contributed by atoms with Crippen LogP contribution in [0.25, 0.3) is 10.6 Å². The van der Waals surface area contributed by atoms with Crippen LogP contribution in [0.15, 0.2) is 16.1 Å². The molecule has 0 radical (unpaired) electrons. The number of nitrogens with one attached hydrogen (secondary N) is 1. The number of nitrogens with zero attached hydrogens (tertiary/aromatic N) is 2. The van der Waals surface area contributed by atoms with Crippen LogP contribution in [0, 0.1) is 6.92 Å². The first kappa shape index (κ1) is 12.3. The van der Waals surface area contributed by atoms with Crippen molar-refractivity contribution in [3.8, 4) is 10.6 Å². The zero-order valence-electron chi connectivity index (χ0n) is 10.4. The first-order valence-corrected chi connectivity index (χ1v) is 6.70. The number of rotatable bonds is 5. The Hall–Kier alpha value is -1.20. The molecule has 2 aromatic rings. The van der Waals surface area contributed by atoms with Gasteiger partial charge in [0.1, 0.15) is 0 Å². The third-order valence-corrected chi connectivity index (χ3v) is 3.51. The van der Waals surface area contributed by atoms with E-state index in [2.05, 4.69) is 29.1 Å². The van der Waals surface area contributed by atoms with E-state index < -0.39 is 0 Å². The van der Waals surface area contributed by atoms with Gasteiger partial charge in [-0.25, -0.2) is 9.97 Å². The monoisotopic (exact) mass is 251 g/mol. The molecule has 0 aromatic carbocycles. The summed E-state index contributed by atoms with van der Waals surface area (Å²) in [6.07, 6.45) is 2.88. The Kier molecular flexibility index (Phi) is 3.91. The van der Waals surface area contributed by atoms with Crippen molar-refractivity contribution in [2.45, 2.75) is 33.2 Å². The normalized spacial score (nSPS) is 12.9. The molecule has 2 rings (SSSR count). The molecule has 0 aliphatic rings. The molecule has 5 heteroatoms. The lowest BCUT2D eigenvalue weighted by atomic mass is 10.3. The van der Waals surface area contributed by atoms with Gasteiger partial charge in [-0.05, 0) is 26.8 Å². The summed E-state index contributed by atoms with van der Waals surface area (Å²) < 4.78 is 5.76. The summed E-state index contributed by atoms with van der Waals surface area (Å²) in [5, 5.41) is 3.35. The van der Waals surface area contributed by atoms with Crippen molar-refractivity contribution < 1.29 is 4.42 Å². The molecule has 0 aliphatic heterocycles. The topological polar surface area (TPSA) is 51.0 Å². The van der Waals surface area contributed by atoms with Gasteiger partial charge in [0.2, 0.25) is 5.89 Å². The molecular weight excluding hydrogens is 234 g/mol. The highest BCUT2D eigenvalue weighted by molar-refractivity contribution is 7.13. The van der Waals surface area contributed by atoms with E-state index in [1.54, 1.807) is 17.5 Å². The average Bonchev–Trinajstić information content (AvgIpc) is 2.93. The predicted molar refractivity (Wildman–Crippen MR) is 69.1 cm³/mol. The zero-order valence-corrected chi connectivity index (χ0v) is 11.2. The Balaban J connectivity index is 2.13. The van der Waals surface area contributed by atoms with Crippen LogP contribution >= 0.6 is 11.3 Å². The maximum absolute atomic E-state index is 5.76. The number of aromatic nitrogens is 2. The highest BCUT2D eigenvalue weighted by Gasteiger charge is 2.14. The van der Waals surface area contributed by atoms with Gasteiger partial charge in [0.15, 0.2) is 5.76 Å². The summed E-state index contributed by atoms with van der Waals surface area (Å²) in [4.78, 5) is 9.59. The molecule has 2 aromatic heterocycles. The molecule has 17 heavy (non-hydrogen) atoms. The summed E-state index contributed by atoms with van der Waals surface area (Å²) in [7, 11) is 0. The molecule has 0 aliphatic carbocycles. The number of aryl methyl sites for hydroxylation is 1. The fourth-order valence-corrected chi connectivity index (χ4v) is 2.33. The number of thiazole rings is 1. The SMILES string of the molecule is CCCNC(C)c1ncc(-c2scnc2C)o1. The highest BCUT2D eigenvalue weighted by Crippen LogP contribution is 2.28. The van der Waals surface area contributed by atoms with Gasteiger partial charge in [0.25, 0.3) is 0 Å². The summed E-state index contributed by atoms with van der Waals surface area (Å²) in [6.45, 7) is 7.15. The number of hydrogen-bond acceptors (Lipinski definition) is 5. The molecule has 0 bridgehead atoms. The van der Waals surface area contributed by atoms with Crippen molar-refractivity contribution in [2.24, 2.45) is 0 Å². The summed E-state index contributed by atoms with van der Waals surface area (Å²) in [5.74, 6) is 1.55. The first-order chi connectivity index (χ1) is 8.22. The van der Waals surface area contributed by atoms with Gasteiger partial charge in [-0.1, -0.05) is 6.92 Å². The zero-order chi connectivity index (χ0) is 12.3. The quantitative estimate of drug-likeness (QED) is 0.886. The number of oxazole rings is 1. The Labute approximate surface area is 105 Å². The van der Waals surface area contributed by atoms with Crippen molar-refractivity contribution in [2.75, 3.05) is 6.54 Å². The van der Waals surface area contributed by atoms with Crippen LogP contribution in [0.2, 0.25) is 0 Å². The van der Waals surface area contributed by atoms with Gasteiger partial charge in [0, 0.05) is 0 Å². The van der Waals surface area contributed by atoms with Crippen molar-refractivity contribution in [1.29, 1.82) is 0 Å². The van der Waals surface area contributed by atoms with Crippen LogP contribution in [0.1, 0.15) is 37.9 Å². The Morgan fingerprint density at radius 2 is 2.29 bits per heavy atom. The molecular formula is C12H17N3OS. The van der Waals surface area contributed by atoms with E-state index in [9.17, 15) is 0 Å². The lowest BCUT2D eigenvalue weighted by molar-refractivity contribution is 0.423.